The van der Waals surface area contributed by atoms with E-state index >= 15 is 0 Å². The van der Waals surface area contributed by atoms with Crippen LogP contribution in [0, 0.1) is 12.8 Å². The Bertz CT molecular complexity index is 985. The van der Waals surface area contributed by atoms with Crippen LogP contribution >= 0.6 is 0 Å². The van der Waals surface area contributed by atoms with Gasteiger partial charge in [0.1, 0.15) is 6.04 Å². The molecule has 0 bridgehead atoms. The summed E-state index contributed by atoms with van der Waals surface area (Å²) in [6, 6.07) is 12.7. The molecular formula is C24H29N3O5. The van der Waals surface area contributed by atoms with Crippen LogP contribution in [-0.2, 0) is 19.1 Å². The zero-order valence-corrected chi connectivity index (χ0v) is 18.9. The van der Waals surface area contributed by atoms with E-state index in [2.05, 4.69) is 16.0 Å². The molecule has 2 aromatic rings. The molecule has 2 rings (SSSR count). The van der Waals surface area contributed by atoms with Gasteiger partial charge in [0.05, 0.1) is 0 Å². The van der Waals surface area contributed by atoms with Crippen LogP contribution in [0.2, 0.25) is 0 Å². The lowest BCUT2D eigenvalue weighted by atomic mass is 10.0. The zero-order chi connectivity index (χ0) is 23.8. The van der Waals surface area contributed by atoms with Gasteiger partial charge in [0.25, 0.3) is 11.8 Å². The number of hydrogen-bond donors (Lipinski definition) is 3. The van der Waals surface area contributed by atoms with E-state index in [0.29, 0.717) is 16.9 Å². The van der Waals surface area contributed by atoms with Gasteiger partial charge < -0.3 is 20.7 Å². The third kappa shape index (κ3) is 6.94. The first-order valence-corrected chi connectivity index (χ1v) is 10.3. The van der Waals surface area contributed by atoms with E-state index in [1.165, 1.54) is 13.8 Å². The molecule has 8 nitrogen and oxygen atoms in total. The summed E-state index contributed by atoms with van der Waals surface area (Å²) in [4.78, 5) is 48.8. The second-order valence-corrected chi connectivity index (χ2v) is 7.84. The highest BCUT2D eigenvalue weighted by Gasteiger charge is 2.29. The molecule has 170 valence electrons. The Balaban J connectivity index is 1.98. The minimum Gasteiger partial charge on any atom is -0.451 e. The molecule has 0 heterocycles. The molecule has 0 unspecified atom stereocenters. The van der Waals surface area contributed by atoms with Crippen molar-refractivity contribution in [2.45, 2.75) is 46.8 Å². The molecular weight excluding hydrogens is 410 g/mol. The summed E-state index contributed by atoms with van der Waals surface area (Å²) >= 11 is 0. The van der Waals surface area contributed by atoms with Crippen LogP contribution in [0.25, 0.3) is 0 Å². The topological polar surface area (TPSA) is 114 Å². The molecule has 0 aliphatic rings. The van der Waals surface area contributed by atoms with Crippen LogP contribution in [0.1, 0.15) is 43.6 Å². The molecule has 0 spiro atoms. The largest absolute Gasteiger partial charge is 0.451 e. The minimum atomic E-state index is -1.07. The van der Waals surface area contributed by atoms with Gasteiger partial charge in [0.2, 0.25) is 5.91 Å². The summed E-state index contributed by atoms with van der Waals surface area (Å²) in [6.45, 7) is 8.24. The summed E-state index contributed by atoms with van der Waals surface area (Å²) in [6.07, 6.45) is -1.07. The number of benzene rings is 2. The smallest absolute Gasteiger partial charge is 0.329 e. The van der Waals surface area contributed by atoms with Gasteiger partial charge in [-0.05, 0) is 55.7 Å². The maximum Gasteiger partial charge on any atom is 0.329 e. The number of rotatable bonds is 8. The van der Waals surface area contributed by atoms with Gasteiger partial charge in [-0.1, -0.05) is 32.0 Å². The fourth-order valence-electron chi connectivity index (χ4n) is 2.93. The van der Waals surface area contributed by atoms with Gasteiger partial charge >= 0.3 is 5.97 Å². The van der Waals surface area contributed by atoms with Crippen LogP contribution in [-0.4, -0.2) is 35.8 Å². The van der Waals surface area contributed by atoms with Gasteiger partial charge in [-0.3, -0.25) is 14.4 Å². The molecule has 2 aromatic carbocycles. The Morgan fingerprint density at radius 3 is 1.94 bits per heavy atom. The lowest BCUT2D eigenvalue weighted by molar-refractivity contribution is -0.156. The van der Waals surface area contributed by atoms with Crippen molar-refractivity contribution in [3.8, 4) is 0 Å². The first kappa shape index (κ1) is 24.6. The monoisotopic (exact) mass is 439 g/mol. The van der Waals surface area contributed by atoms with E-state index in [9.17, 15) is 19.2 Å². The van der Waals surface area contributed by atoms with Gasteiger partial charge in [0, 0.05) is 23.9 Å². The number of anilines is 2. The van der Waals surface area contributed by atoms with Crippen molar-refractivity contribution in [1.29, 1.82) is 0 Å². The van der Waals surface area contributed by atoms with E-state index in [-0.39, 0.29) is 17.7 Å². The van der Waals surface area contributed by atoms with Crippen LogP contribution in [0.5, 0.6) is 0 Å². The Morgan fingerprint density at radius 2 is 1.41 bits per heavy atom. The summed E-state index contributed by atoms with van der Waals surface area (Å²) < 4.78 is 5.33. The van der Waals surface area contributed by atoms with Crippen molar-refractivity contribution in [3.05, 3.63) is 59.7 Å². The van der Waals surface area contributed by atoms with Gasteiger partial charge in [-0.2, -0.15) is 0 Å². The lowest BCUT2D eigenvalue weighted by Gasteiger charge is -2.23. The summed E-state index contributed by atoms with van der Waals surface area (Å²) in [5.74, 6) is -2.03. The number of amides is 3. The van der Waals surface area contributed by atoms with Crippen molar-refractivity contribution in [2.24, 2.45) is 5.92 Å². The fraction of sp³-hybridized carbons (Fsp3) is 0.333. The third-order valence-corrected chi connectivity index (χ3v) is 4.73. The van der Waals surface area contributed by atoms with Gasteiger partial charge in [-0.25, -0.2) is 4.79 Å². The van der Waals surface area contributed by atoms with Crippen molar-refractivity contribution >= 4 is 35.1 Å². The van der Waals surface area contributed by atoms with Gasteiger partial charge in [-0.15, -0.1) is 0 Å². The predicted octanol–water partition coefficient (Wildman–Crippen LogP) is 3.28. The van der Waals surface area contributed by atoms with E-state index in [4.69, 9.17) is 4.74 Å². The van der Waals surface area contributed by atoms with E-state index < -0.39 is 24.0 Å². The van der Waals surface area contributed by atoms with Crippen molar-refractivity contribution in [3.63, 3.8) is 0 Å². The number of carbonyl (C=O) groups is 4. The molecule has 0 aliphatic heterocycles. The number of aryl methyl sites for hydroxylation is 1. The van der Waals surface area contributed by atoms with Gasteiger partial charge in [0.15, 0.2) is 6.10 Å². The van der Waals surface area contributed by atoms with Crippen LogP contribution in [0.3, 0.4) is 0 Å². The number of nitrogens with one attached hydrogen (secondary N) is 3. The van der Waals surface area contributed by atoms with Crippen LogP contribution in [0.4, 0.5) is 11.4 Å². The zero-order valence-electron chi connectivity index (χ0n) is 18.9. The predicted molar refractivity (Wildman–Crippen MR) is 122 cm³/mol. The normalized spacial score (nSPS) is 12.4. The molecule has 8 heteroatoms. The number of ether oxygens (including phenoxy) is 1. The van der Waals surface area contributed by atoms with E-state index in [1.54, 1.807) is 50.2 Å². The average molecular weight is 440 g/mol. The molecule has 0 fully saturated rings. The Kier molecular flexibility index (Phi) is 8.52. The highest BCUT2D eigenvalue weighted by Crippen LogP contribution is 2.15. The second-order valence-electron chi connectivity index (χ2n) is 7.84. The molecule has 0 saturated heterocycles. The Hall–Kier alpha value is -3.68. The summed E-state index contributed by atoms with van der Waals surface area (Å²) in [7, 11) is 0. The maximum atomic E-state index is 12.7. The molecule has 3 N–H and O–H groups in total. The minimum absolute atomic E-state index is 0.198. The van der Waals surface area contributed by atoms with Crippen molar-refractivity contribution in [2.75, 3.05) is 10.6 Å². The quantitative estimate of drug-likeness (QED) is 0.546. The molecule has 32 heavy (non-hydrogen) atoms. The summed E-state index contributed by atoms with van der Waals surface area (Å²) in [5, 5.41) is 8.00. The number of esters is 1. The van der Waals surface area contributed by atoms with E-state index in [0.717, 1.165) is 5.56 Å². The molecule has 0 aliphatic carbocycles. The molecule has 0 aromatic heterocycles. The van der Waals surface area contributed by atoms with Crippen LogP contribution < -0.4 is 16.0 Å². The standard InChI is InChI=1S/C24H29N3O5/c1-14(2)21(27-23(30)20-9-7-6-8-15(20)3)24(31)32-16(4)22(29)26-19-12-10-18(11-13-19)25-17(5)28/h6-14,16,21H,1-5H3,(H,25,28)(H,26,29)(H,27,30)/t16-,21-/m1/s1. The highest BCUT2D eigenvalue weighted by atomic mass is 16.5. The first-order valence-electron chi connectivity index (χ1n) is 10.3. The third-order valence-electron chi connectivity index (χ3n) is 4.73. The van der Waals surface area contributed by atoms with Crippen molar-refractivity contribution in [1.82, 2.24) is 5.32 Å². The first-order chi connectivity index (χ1) is 15.1. The van der Waals surface area contributed by atoms with Crippen molar-refractivity contribution < 1.29 is 23.9 Å². The van der Waals surface area contributed by atoms with Crippen LogP contribution in [0.15, 0.2) is 48.5 Å². The Morgan fingerprint density at radius 1 is 0.844 bits per heavy atom. The highest BCUT2D eigenvalue weighted by molar-refractivity contribution is 5.99. The number of hydrogen-bond acceptors (Lipinski definition) is 5. The second kappa shape index (κ2) is 11.1. The SMILES string of the molecule is CC(=O)Nc1ccc(NC(=O)[C@@H](C)OC(=O)[C@H](NC(=O)c2ccccc2C)C(C)C)cc1. The Labute approximate surface area is 187 Å². The fourth-order valence-corrected chi connectivity index (χ4v) is 2.93. The average Bonchev–Trinajstić information content (AvgIpc) is 2.72. The van der Waals surface area contributed by atoms with E-state index in [1.807, 2.05) is 19.1 Å². The summed E-state index contributed by atoms with van der Waals surface area (Å²) in [5.41, 5.74) is 2.34. The number of carbonyl (C=O) groups excluding carboxylic acids is 4. The molecule has 2 atom stereocenters. The molecule has 0 radical (unpaired) electrons. The maximum absolute atomic E-state index is 12.7. The lowest BCUT2D eigenvalue weighted by Crippen LogP contribution is -2.47. The molecule has 0 saturated carbocycles. The molecule has 3 amide bonds.